The van der Waals surface area contributed by atoms with Crippen LogP contribution in [0, 0.1) is 6.92 Å². The summed E-state index contributed by atoms with van der Waals surface area (Å²) in [5, 5.41) is 6.11. The van der Waals surface area contributed by atoms with Crippen LogP contribution in [0.4, 0.5) is 18.9 Å². The summed E-state index contributed by atoms with van der Waals surface area (Å²) < 4.78 is 39.6. The zero-order valence-electron chi connectivity index (χ0n) is 13.6. The number of halogens is 4. The molecule has 1 amide bonds. The molecule has 0 spiro atoms. The Balaban J connectivity index is 2.21. The summed E-state index contributed by atoms with van der Waals surface area (Å²) in [5.74, 6) is -0.634. The molecule has 1 aromatic heterocycles. The molecule has 1 N–H and O–H groups in total. The Labute approximate surface area is 150 Å². The molecule has 0 bridgehead atoms. The summed E-state index contributed by atoms with van der Waals surface area (Å²) in [4.78, 5) is 23.5. The number of carbonyl (C=O) groups excluding carboxylic acids is 2. The van der Waals surface area contributed by atoms with Gasteiger partial charge in [0.1, 0.15) is 6.04 Å². The van der Waals surface area contributed by atoms with Gasteiger partial charge in [0.15, 0.2) is 11.5 Å². The highest BCUT2D eigenvalue weighted by molar-refractivity contribution is 9.10. The molecule has 2 rings (SSSR count). The van der Waals surface area contributed by atoms with Crippen LogP contribution in [-0.4, -0.2) is 21.5 Å². The molecule has 0 radical (unpaired) electrons. The van der Waals surface area contributed by atoms with Crippen LogP contribution < -0.4 is 5.32 Å². The summed E-state index contributed by atoms with van der Waals surface area (Å²) in [5.41, 5.74) is 0.0480. The summed E-state index contributed by atoms with van der Waals surface area (Å²) in [6.07, 6.45) is -4.62. The molecule has 0 aliphatic heterocycles. The third-order valence-electron chi connectivity index (χ3n) is 3.65. The smallest absolute Gasteiger partial charge is 0.324 e. The van der Waals surface area contributed by atoms with E-state index in [1.54, 1.807) is 24.3 Å². The highest BCUT2D eigenvalue weighted by Gasteiger charge is 2.38. The maximum atomic E-state index is 12.9. The quantitative estimate of drug-likeness (QED) is 0.750. The third kappa shape index (κ3) is 4.09. The van der Waals surface area contributed by atoms with Gasteiger partial charge in [0.2, 0.25) is 5.91 Å². The average molecular weight is 418 g/mol. The summed E-state index contributed by atoms with van der Waals surface area (Å²) in [6.45, 7) is 4.32. The summed E-state index contributed by atoms with van der Waals surface area (Å²) in [7, 11) is 0. The lowest BCUT2D eigenvalue weighted by atomic mass is 10.1. The lowest BCUT2D eigenvalue weighted by Gasteiger charge is -2.14. The Morgan fingerprint density at radius 1 is 1.24 bits per heavy atom. The van der Waals surface area contributed by atoms with Crippen LogP contribution >= 0.6 is 15.9 Å². The number of benzene rings is 1. The van der Waals surface area contributed by atoms with Gasteiger partial charge < -0.3 is 5.32 Å². The van der Waals surface area contributed by atoms with Gasteiger partial charge in [-0.3, -0.25) is 14.3 Å². The Morgan fingerprint density at radius 3 is 2.24 bits per heavy atom. The molecule has 1 aromatic carbocycles. The number of alkyl halides is 3. The number of carbonyl (C=O) groups is 2. The fourth-order valence-electron chi connectivity index (χ4n) is 2.20. The molecule has 25 heavy (non-hydrogen) atoms. The first kappa shape index (κ1) is 19.2. The predicted molar refractivity (Wildman–Crippen MR) is 89.5 cm³/mol. The zero-order valence-corrected chi connectivity index (χ0v) is 15.2. The molecule has 2 aromatic rings. The zero-order chi connectivity index (χ0) is 18.9. The van der Waals surface area contributed by atoms with E-state index in [0.717, 1.165) is 4.68 Å². The van der Waals surface area contributed by atoms with E-state index in [1.165, 1.54) is 20.8 Å². The van der Waals surface area contributed by atoms with E-state index < -0.39 is 23.8 Å². The number of ketones is 1. The van der Waals surface area contributed by atoms with Crippen molar-refractivity contribution in [3.8, 4) is 0 Å². The van der Waals surface area contributed by atoms with Crippen LogP contribution in [0.25, 0.3) is 0 Å². The van der Waals surface area contributed by atoms with Crippen LogP contribution in [0.15, 0.2) is 28.7 Å². The largest absolute Gasteiger partial charge is 0.436 e. The van der Waals surface area contributed by atoms with Crippen molar-refractivity contribution in [1.82, 2.24) is 9.78 Å². The number of nitrogens with zero attached hydrogens (tertiary/aromatic N) is 2. The maximum absolute atomic E-state index is 12.9. The maximum Gasteiger partial charge on any atom is 0.436 e. The fraction of sp³-hybridized carbons (Fsp3) is 0.312. The number of aromatic nitrogens is 2. The Kier molecular flexibility index (Phi) is 5.36. The Morgan fingerprint density at radius 2 is 1.80 bits per heavy atom. The summed E-state index contributed by atoms with van der Waals surface area (Å²) >= 11 is 2.88. The van der Waals surface area contributed by atoms with E-state index >= 15 is 0 Å². The molecule has 0 aliphatic rings. The van der Waals surface area contributed by atoms with Crippen molar-refractivity contribution in [3.63, 3.8) is 0 Å². The topological polar surface area (TPSA) is 64.0 Å². The number of Topliss-reactive ketones (excluding diaryl/α,β-unsaturated/α-hetero) is 1. The minimum Gasteiger partial charge on any atom is -0.324 e. The van der Waals surface area contributed by atoms with Crippen LogP contribution in [0.5, 0.6) is 0 Å². The van der Waals surface area contributed by atoms with E-state index in [9.17, 15) is 22.8 Å². The van der Waals surface area contributed by atoms with E-state index in [1.807, 2.05) is 0 Å². The van der Waals surface area contributed by atoms with Crippen molar-refractivity contribution in [2.45, 2.75) is 33.0 Å². The molecular weight excluding hydrogens is 403 g/mol. The molecule has 0 fully saturated rings. The van der Waals surface area contributed by atoms with Gasteiger partial charge in [0.25, 0.3) is 0 Å². The van der Waals surface area contributed by atoms with E-state index in [4.69, 9.17) is 0 Å². The minimum atomic E-state index is -4.62. The van der Waals surface area contributed by atoms with E-state index in [-0.39, 0.29) is 15.9 Å². The number of hydrogen-bond donors (Lipinski definition) is 1. The standard InChI is InChI=1S/C16H15BrF3N3O2/c1-8-13(17)14(16(18,19)20)22-23(8)9(2)15(25)21-12-6-4-11(5-7-12)10(3)24/h4-7,9H,1-3H3,(H,21,25). The molecule has 0 saturated carbocycles. The van der Waals surface area contributed by atoms with Gasteiger partial charge in [-0.2, -0.15) is 18.3 Å². The monoisotopic (exact) mass is 417 g/mol. The lowest BCUT2D eigenvalue weighted by Crippen LogP contribution is -2.25. The highest BCUT2D eigenvalue weighted by atomic mass is 79.9. The van der Waals surface area contributed by atoms with Crippen molar-refractivity contribution in [3.05, 3.63) is 45.7 Å². The van der Waals surface area contributed by atoms with Gasteiger partial charge in [-0.05, 0) is 61.0 Å². The van der Waals surface area contributed by atoms with Crippen molar-refractivity contribution in [2.75, 3.05) is 5.32 Å². The second kappa shape index (κ2) is 6.99. The first-order valence-electron chi connectivity index (χ1n) is 7.26. The van der Waals surface area contributed by atoms with Gasteiger partial charge in [-0.25, -0.2) is 0 Å². The second-order valence-corrected chi connectivity index (χ2v) is 6.28. The normalized spacial score (nSPS) is 12.8. The Bertz CT molecular complexity index is 813. The van der Waals surface area contributed by atoms with Crippen molar-refractivity contribution in [1.29, 1.82) is 0 Å². The van der Waals surface area contributed by atoms with Crippen LogP contribution in [-0.2, 0) is 11.0 Å². The van der Waals surface area contributed by atoms with Gasteiger partial charge in [0.05, 0.1) is 10.2 Å². The first-order chi connectivity index (χ1) is 11.5. The van der Waals surface area contributed by atoms with Crippen LogP contribution in [0.2, 0.25) is 0 Å². The van der Waals surface area contributed by atoms with Gasteiger partial charge in [-0.15, -0.1) is 0 Å². The van der Waals surface area contributed by atoms with Gasteiger partial charge >= 0.3 is 6.18 Å². The predicted octanol–water partition coefficient (Wildman–Crippen LogP) is 4.38. The third-order valence-corrected chi connectivity index (χ3v) is 4.60. The van der Waals surface area contributed by atoms with E-state index in [0.29, 0.717) is 11.3 Å². The molecule has 0 saturated heterocycles. The number of hydrogen-bond acceptors (Lipinski definition) is 3. The van der Waals surface area contributed by atoms with Gasteiger partial charge in [-0.1, -0.05) is 0 Å². The number of nitrogens with one attached hydrogen (secondary N) is 1. The van der Waals surface area contributed by atoms with Crippen molar-refractivity contribution >= 4 is 33.3 Å². The first-order valence-corrected chi connectivity index (χ1v) is 8.05. The van der Waals surface area contributed by atoms with Crippen LogP contribution in [0.1, 0.15) is 41.6 Å². The number of anilines is 1. The SMILES string of the molecule is CC(=O)c1ccc(NC(=O)C(C)n2nc(C(F)(F)F)c(Br)c2C)cc1. The molecule has 0 aliphatic carbocycles. The molecule has 134 valence electrons. The molecule has 9 heteroatoms. The minimum absolute atomic E-state index is 0.108. The number of amides is 1. The van der Waals surface area contributed by atoms with Crippen molar-refractivity contribution < 1.29 is 22.8 Å². The molecule has 1 heterocycles. The van der Waals surface area contributed by atoms with Gasteiger partial charge in [0, 0.05) is 11.3 Å². The molecule has 1 unspecified atom stereocenters. The molecule has 5 nitrogen and oxygen atoms in total. The molecular formula is C16H15BrF3N3O2. The Hall–Kier alpha value is -2.16. The number of rotatable bonds is 4. The summed E-state index contributed by atoms with van der Waals surface area (Å²) in [6, 6.07) is 5.25. The van der Waals surface area contributed by atoms with E-state index in [2.05, 4.69) is 26.3 Å². The lowest BCUT2D eigenvalue weighted by molar-refractivity contribution is -0.142. The van der Waals surface area contributed by atoms with Crippen LogP contribution in [0.3, 0.4) is 0 Å². The van der Waals surface area contributed by atoms with Crippen molar-refractivity contribution in [2.24, 2.45) is 0 Å². The molecule has 1 atom stereocenters. The average Bonchev–Trinajstić information content (AvgIpc) is 2.83. The second-order valence-electron chi connectivity index (χ2n) is 5.49. The fourth-order valence-corrected chi connectivity index (χ4v) is 2.69. The highest BCUT2D eigenvalue weighted by Crippen LogP contribution is 2.36.